The molecule has 1 saturated heterocycles. The van der Waals surface area contributed by atoms with Gasteiger partial charge in [0.05, 0.1) is 16.8 Å². The number of benzene rings is 3. The van der Waals surface area contributed by atoms with Gasteiger partial charge in [0, 0.05) is 35.2 Å². The molecule has 3 aromatic rings. The molecule has 33 heavy (non-hydrogen) atoms. The third kappa shape index (κ3) is 5.12. The number of rotatable bonds is 4. The first-order valence-corrected chi connectivity index (χ1v) is 11.6. The van der Waals surface area contributed by atoms with Crippen LogP contribution in [-0.2, 0) is 4.79 Å². The van der Waals surface area contributed by atoms with Crippen molar-refractivity contribution >= 4 is 46.4 Å². The zero-order valence-corrected chi connectivity index (χ0v) is 20.1. The third-order valence-electron chi connectivity index (χ3n) is 5.85. The Bertz CT molecular complexity index is 1170. The van der Waals surface area contributed by atoms with Gasteiger partial charge in [-0.3, -0.25) is 4.79 Å². The number of halogens is 4. The molecule has 8 heteroatoms. The molecule has 1 N–H and O–H groups in total. The van der Waals surface area contributed by atoms with Crippen LogP contribution in [0.2, 0.25) is 15.1 Å². The Balaban J connectivity index is 1.64. The van der Waals surface area contributed by atoms with Gasteiger partial charge in [0.1, 0.15) is 5.82 Å². The van der Waals surface area contributed by atoms with Crippen molar-refractivity contribution < 1.29 is 14.3 Å². The second-order valence-corrected chi connectivity index (χ2v) is 9.32. The number of aryl methyl sites for hydroxylation is 1. The SMILES string of the molecule is Cc1ccc(N2CCN(C(=O)C(O)c3ccc(F)cc3Cl)C[C@H]2c2ccc(Cl)cc2)c(Cl)c1. The smallest absolute Gasteiger partial charge is 0.256 e. The van der Waals surface area contributed by atoms with Crippen LogP contribution in [0.15, 0.2) is 60.7 Å². The molecule has 4 nitrogen and oxygen atoms in total. The van der Waals surface area contributed by atoms with E-state index in [1.165, 1.54) is 12.1 Å². The summed E-state index contributed by atoms with van der Waals surface area (Å²) in [7, 11) is 0. The topological polar surface area (TPSA) is 43.8 Å². The summed E-state index contributed by atoms with van der Waals surface area (Å²) < 4.78 is 13.4. The van der Waals surface area contributed by atoms with Crippen LogP contribution in [0.4, 0.5) is 10.1 Å². The molecule has 0 radical (unpaired) electrons. The molecular weight excluding hydrogens is 486 g/mol. The lowest BCUT2D eigenvalue weighted by molar-refractivity contribution is -0.141. The monoisotopic (exact) mass is 506 g/mol. The first kappa shape index (κ1) is 23.8. The molecule has 3 aromatic carbocycles. The van der Waals surface area contributed by atoms with E-state index in [1.54, 1.807) is 17.0 Å². The van der Waals surface area contributed by atoms with Gasteiger partial charge in [-0.1, -0.05) is 59.1 Å². The van der Waals surface area contributed by atoms with Crippen LogP contribution in [0.25, 0.3) is 0 Å². The Labute approximate surface area is 207 Å². The molecule has 4 rings (SSSR count). The summed E-state index contributed by atoms with van der Waals surface area (Å²) in [5.74, 6) is -1.02. The van der Waals surface area contributed by atoms with Crippen molar-refractivity contribution in [2.24, 2.45) is 0 Å². The van der Waals surface area contributed by atoms with E-state index >= 15 is 0 Å². The number of aliphatic hydroxyl groups excluding tert-OH is 1. The van der Waals surface area contributed by atoms with E-state index in [1.807, 2.05) is 37.3 Å². The molecule has 0 spiro atoms. The fourth-order valence-electron chi connectivity index (χ4n) is 4.12. The van der Waals surface area contributed by atoms with Gasteiger partial charge in [0.25, 0.3) is 5.91 Å². The average molecular weight is 508 g/mol. The predicted molar refractivity (Wildman–Crippen MR) is 131 cm³/mol. The molecule has 0 aromatic heterocycles. The van der Waals surface area contributed by atoms with E-state index in [0.717, 1.165) is 22.9 Å². The maximum atomic E-state index is 13.4. The highest BCUT2D eigenvalue weighted by atomic mass is 35.5. The molecule has 1 heterocycles. The second-order valence-electron chi connectivity index (χ2n) is 8.07. The minimum atomic E-state index is -1.49. The summed E-state index contributed by atoms with van der Waals surface area (Å²) in [5, 5.41) is 12.0. The second kappa shape index (κ2) is 9.90. The summed E-state index contributed by atoms with van der Waals surface area (Å²) in [5.41, 5.74) is 3.06. The van der Waals surface area contributed by atoms with Gasteiger partial charge < -0.3 is 14.9 Å². The Hall–Kier alpha value is -2.31. The van der Waals surface area contributed by atoms with Gasteiger partial charge in [-0.15, -0.1) is 0 Å². The van der Waals surface area contributed by atoms with Crippen molar-refractivity contribution in [2.45, 2.75) is 19.1 Å². The van der Waals surface area contributed by atoms with Crippen LogP contribution in [0.3, 0.4) is 0 Å². The van der Waals surface area contributed by atoms with E-state index in [-0.39, 0.29) is 16.6 Å². The summed E-state index contributed by atoms with van der Waals surface area (Å²) in [6.45, 7) is 3.18. The molecule has 1 fully saturated rings. The summed E-state index contributed by atoms with van der Waals surface area (Å²) in [4.78, 5) is 16.9. The van der Waals surface area contributed by atoms with E-state index in [2.05, 4.69) is 4.90 Å². The van der Waals surface area contributed by atoms with Gasteiger partial charge >= 0.3 is 0 Å². The fraction of sp³-hybridized carbons (Fsp3) is 0.240. The van der Waals surface area contributed by atoms with E-state index in [4.69, 9.17) is 34.8 Å². The number of carbonyl (C=O) groups excluding carboxylic acids is 1. The minimum Gasteiger partial charge on any atom is -0.378 e. The van der Waals surface area contributed by atoms with Crippen molar-refractivity contribution in [3.05, 3.63) is 98.2 Å². The largest absolute Gasteiger partial charge is 0.378 e. The van der Waals surface area contributed by atoms with Crippen LogP contribution in [0.1, 0.15) is 28.8 Å². The van der Waals surface area contributed by atoms with Crippen LogP contribution in [0.5, 0.6) is 0 Å². The van der Waals surface area contributed by atoms with Crippen molar-refractivity contribution in [3.63, 3.8) is 0 Å². The number of hydrogen-bond acceptors (Lipinski definition) is 3. The van der Waals surface area contributed by atoms with Crippen molar-refractivity contribution in [3.8, 4) is 0 Å². The zero-order chi connectivity index (χ0) is 23.7. The number of amides is 1. The third-order valence-corrected chi connectivity index (χ3v) is 6.73. The Morgan fingerprint density at radius 2 is 1.73 bits per heavy atom. The van der Waals surface area contributed by atoms with Gasteiger partial charge in [0.2, 0.25) is 0 Å². The first-order chi connectivity index (χ1) is 15.7. The molecule has 172 valence electrons. The normalized spacial score (nSPS) is 17.2. The zero-order valence-electron chi connectivity index (χ0n) is 17.8. The minimum absolute atomic E-state index is 0.00942. The molecule has 1 aliphatic heterocycles. The van der Waals surface area contributed by atoms with Gasteiger partial charge in [-0.25, -0.2) is 4.39 Å². The fourth-order valence-corrected chi connectivity index (χ4v) is 4.86. The maximum Gasteiger partial charge on any atom is 0.256 e. The van der Waals surface area contributed by atoms with E-state index in [9.17, 15) is 14.3 Å². The standard InChI is InChI=1S/C25H22Cl3FN2O2/c1-15-2-9-22(21(28)12-15)31-11-10-30(14-23(31)16-3-5-17(26)6-4-16)25(33)24(32)19-8-7-18(29)13-20(19)27/h2-9,12-13,23-24,32H,10-11,14H2,1H3/t23-,24?/m0/s1. The maximum absolute atomic E-state index is 13.4. The van der Waals surface area contributed by atoms with E-state index < -0.39 is 17.8 Å². The van der Waals surface area contributed by atoms with Crippen LogP contribution in [0, 0.1) is 12.7 Å². The summed E-state index contributed by atoms with van der Waals surface area (Å²) in [6, 6.07) is 16.7. The predicted octanol–water partition coefficient (Wildman–Crippen LogP) is 6.22. The molecule has 2 atom stereocenters. The lowest BCUT2D eigenvalue weighted by Gasteiger charge is -2.44. The average Bonchev–Trinajstić information content (AvgIpc) is 2.78. The van der Waals surface area contributed by atoms with E-state index in [0.29, 0.717) is 29.7 Å². The number of anilines is 1. The molecule has 1 aliphatic rings. The lowest BCUT2D eigenvalue weighted by Crippen LogP contribution is -2.51. The lowest BCUT2D eigenvalue weighted by atomic mass is 9.99. The van der Waals surface area contributed by atoms with Crippen molar-refractivity contribution in [1.82, 2.24) is 4.90 Å². The number of aliphatic hydroxyl groups is 1. The molecule has 0 bridgehead atoms. The Kier molecular flexibility index (Phi) is 7.15. The van der Waals surface area contributed by atoms with Crippen LogP contribution in [-0.4, -0.2) is 35.5 Å². The highest BCUT2D eigenvalue weighted by molar-refractivity contribution is 6.33. The highest BCUT2D eigenvalue weighted by Crippen LogP contribution is 2.37. The van der Waals surface area contributed by atoms with Gasteiger partial charge in [-0.2, -0.15) is 0 Å². The molecule has 1 amide bonds. The quantitative estimate of drug-likeness (QED) is 0.456. The van der Waals surface area contributed by atoms with Gasteiger partial charge in [-0.05, 0) is 54.4 Å². The number of carbonyl (C=O) groups is 1. The molecule has 1 unspecified atom stereocenters. The number of piperazine rings is 1. The first-order valence-electron chi connectivity index (χ1n) is 10.4. The Morgan fingerprint density at radius 3 is 2.39 bits per heavy atom. The Morgan fingerprint density at radius 1 is 1.00 bits per heavy atom. The summed E-state index contributed by atoms with van der Waals surface area (Å²) in [6.07, 6.45) is -1.49. The highest BCUT2D eigenvalue weighted by Gasteiger charge is 2.35. The summed E-state index contributed by atoms with van der Waals surface area (Å²) >= 11 is 18.7. The molecule has 0 aliphatic carbocycles. The van der Waals surface area contributed by atoms with Crippen LogP contribution < -0.4 is 4.90 Å². The molecular formula is C25H22Cl3FN2O2. The van der Waals surface area contributed by atoms with Crippen LogP contribution >= 0.6 is 34.8 Å². The van der Waals surface area contributed by atoms with Crippen molar-refractivity contribution in [1.29, 1.82) is 0 Å². The molecule has 0 saturated carbocycles. The number of nitrogens with zero attached hydrogens (tertiary/aromatic N) is 2. The number of hydrogen-bond donors (Lipinski definition) is 1. The van der Waals surface area contributed by atoms with Crippen molar-refractivity contribution in [2.75, 3.05) is 24.5 Å². The van der Waals surface area contributed by atoms with Gasteiger partial charge in [0.15, 0.2) is 6.10 Å².